The minimum absolute atomic E-state index is 0.392. The van der Waals surface area contributed by atoms with Crippen molar-refractivity contribution in [2.24, 2.45) is 0 Å². The molecule has 0 saturated carbocycles. The number of anilines is 2. The third-order valence-corrected chi connectivity index (χ3v) is 5.97. The van der Waals surface area contributed by atoms with Crippen LogP contribution >= 0.6 is 11.3 Å². The number of thiazole rings is 1. The van der Waals surface area contributed by atoms with Crippen LogP contribution in [0.1, 0.15) is 24.1 Å². The van der Waals surface area contributed by atoms with Gasteiger partial charge in [0.1, 0.15) is 27.9 Å². The quantitative estimate of drug-likeness (QED) is 0.520. The molecule has 1 aliphatic heterocycles. The summed E-state index contributed by atoms with van der Waals surface area (Å²) in [5.41, 5.74) is 4.16. The van der Waals surface area contributed by atoms with Crippen molar-refractivity contribution < 1.29 is 0 Å². The molecule has 0 spiro atoms. The minimum Gasteiger partial charge on any atom is -0.316 e. The first kappa shape index (κ1) is 18.6. The summed E-state index contributed by atoms with van der Waals surface area (Å²) in [6.07, 6.45) is 6.09. The summed E-state index contributed by atoms with van der Waals surface area (Å²) in [7, 11) is 0. The molecule has 30 heavy (non-hydrogen) atoms. The van der Waals surface area contributed by atoms with E-state index in [9.17, 15) is 0 Å². The van der Waals surface area contributed by atoms with Crippen molar-refractivity contribution in [2.75, 3.05) is 18.4 Å². The van der Waals surface area contributed by atoms with Gasteiger partial charge in [-0.2, -0.15) is 5.26 Å². The molecule has 8 heteroatoms. The smallest absolute Gasteiger partial charge is 0.190 e. The highest BCUT2D eigenvalue weighted by Gasteiger charge is 2.13. The standard InChI is InChI=1S/C22H19N7S/c23-12-17-4-3-16(13-25-17)18-5-6-19-21(26-18)30-22(27-19)28-20-11-15(7-8-24-20)14-29-9-1-2-10-29/h3-8,11,13H,1-2,9-10,14H2,(H,24,27,28). The highest BCUT2D eigenvalue weighted by Crippen LogP contribution is 2.29. The fraction of sp³-hybridized carbons (Fsp3) is 0.227. The van der Waals surface area contributed by atoms with Crippen molar-refractivity contribution in [1.29, 1.82) is 5.26 Å². The fourth-order valence-electron chi connectivity index (χ4n) is 3.59. The van der Waals surface area contributed by atoms with E-state index in [1.165, 1.54) is 42.8 Å². The van der Waals surface area contributed by atoms with Crippen LogP contribution < -0.4 is 5.32 Å². The summed E-state index contributed by atoms with van der Waals surface area (Å²) in [5.74, 6) is 0.794. The van der Waals surface area contributed by atoms with E-state index < -0.39 is 0 Å². The normalized spacial score (nSPS) is 14.1. The van der Waals surface area contributed by atoms with Crippen molar-refractivity contribution in [3.63, 3.8) is 0 Å². The zero-order valence-corrected chi connectivity index (χ0v) is 17.1. The van der Waals surface area contributed by atoms with Crippen LogP contribution in [0.15, 0.2) is 48.8 Å². The van der Waals surface area contributed by atoms with Crippen molar-refractivity contribution in [2.45, 2.75) is 19.4 Å². The van der Waals surface area contributed by atoms with Crippen molar-refractivity contribution in [3.05, 3.63) is 60.0 Å². The highest BCUT2D eigenvalue weighted by molar-refractivity contribution is 7.21. The minimum atomic E-state index is 0.392. The SMILES string of the molecule is N#Cc1ccc(-c2ccc3nc(Nc4cc(CN5CCCC5)ccn4)sc3n2)cn1. The number of fused-ring (bicyclic) bond motifs is 1. The van der Waals surface area contributed by atoms with Crippen LogP contribution in [0, 0.1) is 11.3 Å². The van der Waals surface area contributed by atoms with Crippen LogP contribution in [0.25, 0.3) is 21.6 Å². The number of nitrogens with one attached hydrogen (secondary N) is 1. The molecule has 0 radical (unpaired) electrons. The number of likely N-dealkylation sites (tertiary alicyclic amines) is 1. The second-order valence-electron chi connectivity index (χ2n) is 7.24. The number of aromatic nitrogens is 4. The molecule has 5 rings (SSSR count). The molecule has 1 N–H and O–H groups in total. The Hall–Kier alpha value is -3.41. The third-order valence-electron chi connectivity index (χ3n) is 5.09. The molecular formula is C22H19N7S. The van der Waals surface area contributed by atoms with Crippen LogP contribution in [0.3, 0.4) is 0 Å². The van der Waals surface area contributed by atoms with Gasteiger partial charge in [0.05, 0.1) is 5.69 Å². The first-order valence-electron chi connectivity index (χ1n) is 9.85. The van der Waals surface area contributed by atoms with E-state index in [0.717, 1.165) is 39.1 Å². The second kappa shape index (κ2) is 8.14. The van der Waals surface area contributed by atoms with E-state index in [2.05, 4.69) is 37.3 Å². The first-order chi connectivity index (χ1) is 14.8. The van der Waals surface area contributed by atoms with Gasteiger partial charge in [0.25, 0.3) is 0 Å². The molecule has 1 saturated heterocycles. The second-order valence-corrected chi connectivity index (χ2v) is 8.22. The zero-order chi connectivity index (χ0) is 20.3. The summed E-state index contributed by atoms with van der Waals surface area (Å²) in [5, 5.41) is 13.0. The van der Waals surface area contributed by atoms with E-state index in [1.807, 2.05) is 30.5 Å². The summed E-state index contributed by atoms with van der Waals surface area (Å²) < 4.78 is 0. The molecule has 0 aliphatic carbocycles. The molecule has 1 fully saturated rings. The number of rotatable bonds is 5. The van der Waals surface area contributed by atoms with Gasteiger partial charge in [-0.1, -0.05) is 11.3 Å². The van der Waals surface area contributed by atoms with Gasteiger partial charge < -0.3 is 5.32 Å². The monoisotopic (exact) mass is 413 g/mol. The predicted octanol–water partition coefficient (Wildman–Crippen LogP) is 4.36. The molecule has 1 aliphatic rings. The lowest BCUT2D eigenvalue weighted by Crippen LogP contribution is -2.18. The molecule has 4 aromatic rings. The van der Waals surface area contributed by atoms with Gasteiger partial charge in [-0.15, -0.1) is 0 Å². The molecular weight excluding hydrogens is 394 g/mol. The third kappa shape index (κ3) is 3.99. The zero-order valence-electron chi connectivity index (χ0n) is 16.2. The molecule has 0 bridgehead atoms. The largest absolute Gasteiger partial charge is 0.316 e. The molecule has 0 amide bonds. The van der Waals surface area contributed by atoms with Crippen LogP contribution in [-0.2, 0) is 6.54 Å². The molecule has 7 nitrogen and oxygen atoms in total. The lowest BCUT2D eigenvalue weighted by atomic mass is 10.2. The Morgan fingerprint density at radius 2 is 1.97 bits per heavy atom. The van der Waals surface area contributed by atoms with Gasteiger partial charge in [0.2, 0.25) is 0 Å². The Labute approximate surface area is 178 Å². The van der Waals surface area contributed by atoms with Gasteiger partial charge in [0.15, 0.2) is 5.13 Å². The highest BCUT2D eigenvalue weighted by atomic mass is 32.1. The van der Waals surface area contributed by atoms with E-state index >= 15 is 0 Å². The maximum absolute atomic E-state index is 8.90. The maximum atomic E-state index is 8.90. The molecule has 0 aromatic carbocycles. The van der Waals surface area contributed by atoms with Crippen LogP contribution in [0.4, 0.5) is 10.9 Å². The van der Waals surface area contributed by atoms with Crippen LogP contribution in [0.5, 0.6) is 0 Å². The molecule has 0 unspecified atom stereocenters. The Balaban J connectivity index is 1.35. The Morgan fingerprint density at radius 3 is 2.77 bits per heavy atom. The molecule has 4 aromatic heterocycles. The Morgan fingerprint density at radius 1 is 1.07 bits per heavy atom. The molecule has 5 heterocycles. The van der Waals surface area contributed by atoms with Gasteiger partial charge in [-0.25, -0.2) is 19.9 Å². The Bertz CT molecular complexity index is 1220. The van der Waals surface area contributed by atoms with Crippen molar-refractivity contribution in [3.8, 4) is 17.3 Å². The predicted molar refractivity (Wildman–Crippen MR) is 117 cm³/mol. The van der Waals surface area contributed by atoms with Crippen molar-refractivity contribution >= 4 is 32.6 Å². The molecule has 0 atom stereocenters. The van der Waals surface area contributed by atoms with Gasteiger partial charge >= 0.3 is 0 Å². The lowest BCUT2D eigenvalue weighted by molar-refractivity contribution is 0.331. The number of nitrogens with zero attached hydrogens (tertiary/aromatic N) is 6. The number of hydrogen-bond donors (Lipinski definition) is 1. The summed E-state index contributed by atoms with van der Waals surface area (Å²) in [4.78, 5) is 21.2. The average Bonchev–Trinajstić information content (AvgIpc) is 3.43. The first-order valence-corrected chi connectivity index (χ1v) is 10.7. The van der Waals surface area contributed by atoms with E-state index in [4.69, 9.17) is 10.2 Å². The lowest BCUT2D eigenvalue weighted by Gasteiger charge is -2.14. The molecule has 148 valence electrons. The summed E-state index contributed by atoms with van der Waals surface area (Å²) in [6.45, 7) is 3.30. The fourth-order valence-corrected chi connectivity index (χ4v) is 4.44. The average molecular weight is 414 g/mol. The van der Waals surface area contributed by atoms with Crippen LogP contribution in [0.2, 0.25) is 0 Å². The maximum Gasteiger partial charge on any atom is 0.190 e. The topological polar surface area (TPSA) is 90.6 Å². The van der Waals surface area contributed by atoms with E-state index in [-0.39, 0.29) is 0 Å². The summed E-state index contributed by atoms with van der Waals surface area (Å²) >= 11 is 1.49. The number of pyridine rings is 3. The van der Waals surface area contributed by atoms with Crippen molar-refractivity contribution in [1.82, 2.24) is 24.8 Å². The van der Waals surface area contributed by atoms with E-state index in [0.29, 0.717) is 5.69 Å². The number of hydrogen-bond acceptors (Lipinski definition) is 8. The van der Waals surface area contributed by atoms with Gasteiger partial charge in [-0.05, 0) is 67.9 Å². The van der Waals surface area contributed by atoms with E-state index in [1.54, 1.807) is 12.3 Å². The van der Waals surface area contributed by atoms with Gasteiger partial charge in [0, 0.05) is 24.5 Å². The van der Waals surface area contributed by atoms with Crippen LogP contribution in [-0.4, -0.2) is 37.9 Å². The number of nitriles is 1. The van der Waals surface area contributed by atoms with Gasteiger partial charge in [-0.3, -0.25) is 4.90 Å². The Kier molecular flexibility index (Phi) is 5.05. The summed E-state index contributed by atoms with van der Waals surface area (Å²) in [6, 6.07) is 13.6.